The molecule has 0 aliphatic carbocycles. The van der Waals surface area contributed by atoms with E-state index in [4.69, 9.17) is 16.3 Å². The summed E-state index contributed by atoms with van der Waals surface area (Å²) in [5, 5.41) is 13.5. The minimum atomic E-state index is -1.07. The van der Waals surface area contributed by atoms with Gasteiger partial charge >= 0.3 is 0 Å². The van der Waals surface area contributed by atoms with Gasteiger partial charge in [-0.25, -0.2) is 0 Å². The Bertz CT molecular complexity index is 501. The molecule has 4 nitrogen and oxygen atoms in total. The van der Waals surface area contributed by atoms with E-state index in [0.29, 0.717) is 10.8 Å². The van der Waals surface area contributed by atoms with Crippen LogP contribution in [-0.2, 0) is 4.79 Å². The molecule has 0 saturated carbocycles. The zero-order valence-electron chi connectivity index (χ0n) is 13.5. The molecule has 0 aromatic heterocycles. The number of carbonyl (C=O) groups is 1. The first kappa shape index (κ1) is 17.8. The molecule has 21 heavy (non-hydrogen) atoms. The zero-order valence-corrected chi connectivity index (χ0v) is 14.2. The maximum atomic E-state index is 12.4. The summed E-state index contributed by atoms with van der Waals surface area (Å²) in [7, 11) is 0. The number of hydrogen-bond donors (Lipinski definition) is 2. The SMILES string of the molecule is CC(C)(Oc1ccc(Cl)cc1)C(=O)NC(C)(C)C(C)(C)O. The molecule has 1 rings (SSSR count). The summed E-state index contributed by atoms with van der Waals surface area (Å²) < 4.78 is 5.72. The first-order chi connectivity index (χ1) is 9.35. The number of ether oxygens (including phenoxy) is 1. The van der Waals surface area contributed by atoms with Crippen molar-refractivity contribution in [3.63, 3.8) is 0 Å². The summed E-state index contributed by atoms with van der Waals surface area (Å²) in [6, 6.07) is 6.81. The Labute approximate surface area is 131 Å². The van der Waals surface area contributed by atoms with Gasteiger partial charge in [-0.1, -0.05) is 11.6 Å². The predicted molar refractivity (Wildman–Crippen MR) is 84.7 cm³/mol. The summed E-state index contributed by atoms with van der Waals surface area (Å²) in [6.45, 7) is 10.2. The van der Waals surface area contributed by atoms with Crippen molar-refractivity contribution in [2.24, 2.45) is 0 Å². The average Bonchev–Trinajstić information content (AvgIpc) is 2.29. The van der Waals surface area contributed by atoms with Crippen LogP contribution in [0.4, 0.5) is 0 Å². The fourth-order valence-electron chi connectivity index (χ4n) is 1.43. The highest BCUT2D eigenvalue weighted by atomic mass is 35.5. The number of carbonyl (C=O) groups excluding carboxylic acids is 1. The standard InChI is InChI=1S/C16H24ClNO3/c1-14(2,21-12-9-7-11(17)8-10-12)13(19)18-15(3,4)16(5,6)20/h7-10,20H,1-6H3,(H,18,19). The summed E-state index contributed by atoms with van der Waals surface area (Å²) in [4.78, 5) is 12.4. The Balaban J connectivity index is 2.82. The van der Waals surface area contributed by atoms with Crippen molar-refractivity contribution in [1.82, 2.24) is 5.32 Å². The van der Waals surface area contributed by atoms with E-state index >= 15 is 0 Å². The molecule has 0 heterocycles. The average molecular weight is 314 g/mol. The molecule has 0 atom stereocenters. The molecule has 1 aromatic rings. The summed E-state index contributed by atoms with van der Waals surface area (Å²) >= 11 is 5.82. The van der Waals surface area contributed by atoms with Crippen LogP contribution >= 0.6 is 11.6 Å². The molecule has 0 bridgehead atoms. The Morgan fingerprint density at radius 3 is 2.00 bits per heavy atom. The van der Waals surface area contributed by atoms with Crippen molar-refractivity contribution in [1.29, 1.82) is 0 Å². The van der Waals surface area contributed by atoms with Crippen molar-refractivity contribution >= 4 is 17.5 Å². The molecule has 0 fully saturated rings. The van der Waals surface area contributed by atoms with Crippen molar-refractivity contribution in [3.8, 4) is 5.75 Å². The van der Waals surface area contributed by atoms with Crippen molar-refractivity contribution in [2.75, 3.05) is 0 Å². The van der Waals surface area contributed by atoms with Gasteiger partial charge in [-0.15, -0.1) is 0 Å². The molecule has 0 aliphatic heterocycles. The van der Waals surface area contributed by atoms with E-state index in [0.717, 1.165) is 0 Å². The highest BCUT2D eigenvalue weighted by Crippen LogP contribution is 2.24. The second-order valence-corrected chi connectivity index (χ2v) is 7.14. The number of nitrogens with one attached hydrogen (secondary N) is 1. The van der Waals surface area contributed by atoms with Crippen LogP contribution in [0.15, 0.2) is 24.3 Å². The molecule has 2 N–H and O–H groups in total. The second-order valence-electron chi connectivity index (χ2n) is 6.70. The third-order valence-corrected chi connectivity index (χ3v) is 3.94. The van der Waals surface area contributed by atoms with Crippen LogP contribution in [0.2, 0.25) is 5.02 Å². The van der Waals surface area contributed by atoms with E-state index in [1.807, 2.05) is 0 Å². The minimum absolute atomic E-state index is 0.301. The highest BCUT2D eigenvalue weighted by Gasteiger charge is 2.40. The van der Waals surface area contributed by atoms with Gasteiger partial charge < -0.3 is 15.2 Å². The van der Waals surface area contributed by atoms with Gasteiger partial charge in [-0.05, 0) is 65.8 Å². The van der Waals surface area contributed by atoms with Crippen LogP contribution in [0.5, 0.6) is 5.75 Å². The molecule has 5 heteroatoms. The van der Waals surface area contributed by atoms with Gasteiger partial charge in [-0.3, -0.25) is 4.79 Å². The second kappa shape index (κ2) is 5.85. The molecule has 0 aliphatic rings. The number of hydrogen-bond acceptors (Lipinski definition) is 3. The van der Waals surface area contributed by atoms with Gasteiger partial charge in [0.15, 0.2) is 5.60 Å². The normalized spacial score (nSPS) is 13.0. The van der Waals surface area contributed by atoms with E-state index < -0.39 is 16.7 Å². The molecular formula is C16H24ClNO3. The van der Waals surface area contributed by atoms with Crippen LogP contribution in [0.25, 0.3) is 0 Å². The lowest BCUT2D eigenvalue weighted by molar-refractivity contribution is -0.139. The zero-order chi connectivity index (χ0) is 16.5. The van der Waals surface area contributed by atoms with Crippen LogP contribution < -0.4 is 10.1 Å². The van der Waals surface area contributed by atoms with Crippen molar-refractivity contribution in [2.45, 2.75) is 58.3 Å². The minimum Gasteiger partial charge on any atom is -0.478 e. The lowest BCUT2D eigenvalue weighted by Gasteiger charge is -2.40. The van der Waals surface area contributed by atoms with E-state index in [1.165, 1.54) is 0 Å². The third kappa shape index (κ3) is 4.61. The molecule has 118 valence electrons. The third-order valence-electron chi connectivity index (χ3n) is 3.69. The smallest absolute Gasteiger partial charge is 0.264 e. The largest absolute Gasteiger partial charge is 0.478 e. The monoisotopic (exact) mass is 313 g/mol. The van der Waals surface area contributed by atoms with Crippen LogP contribution in [0.1, 0.15) is 41.5 Å². The number of rotatable bonds is 5. The first-order valence-corrected chi connectivity index (χ1v) is 7.22. The van der Waals surface area contributed by atoms with Gasteiger partial charge in [0, 0.05) is 5.02 Å². The molecule has 0 spiro atoms. The number of amides is 1. The van der Waals surface area contributed by atoms with Crippen molar-refractivity contribution in [3.05, 3.63) is 29.3 Å². The molecule has 0 unspecified atom stereocenters. The Kier molecular flexibility index (Phi) is 4.96. The predicted octanol–water partition coefficient (Wildman–Crippen LogP) is 3.16. The molecule has 1 amide bonds. The molecule has 0 saturated heterocycles. The van der Waals surface area contributed by atoms with Gasteiger partial charge in [0.1, 0.15) is 5.75 Å². The number of benzene rings is 1. The first-order valence-electron chi connectivity index (χ1n) is 6.85. The highest BCUT2D eigenvalue weighted by molar-refractivity contribution is 6.30. The fourth-order valence-corrected chi connectivity index (χ4v) is 1.56. The van der Waals surface area contributed by atoms with E-state index in [9.17, 15) is 9.90 Å². The number of aliphatic hydroxyl groups is 1. The summed E-state index contributed by atoms with van der Waals surface area (Å²) in [5.74, 6) is 0.255. The molecular weight excluding hydrogens is 290 g/mol. The maximum Gasteiger partial charge on any atom is 0.264 e. The fraction of sp³-hybridized carbons (Fsp3) is 0.562. The Hall–Kier alpha value is -1.26. The van der Waals surface area contributed by atoms with Gasteiger partial charge in [0.25, 0.3) is 5.91 Å². The van der Waals surface area contributed by atoms with Crippen molar-refractivity contribution < 1.29 is 14.6 Å². The van der Waals surface area contributed by atoms with E-state index in [-0.39, 0.29) is 5.91 Å². The quantitative estimate of drug-likeness (QED) is 0.878. The van der Waals surface area contributed by atoms with Crippen LogP contribution in [0, 0.1) is 0 Å². The summed E-state index contributed by atoms with van der Waals surface area (Å²) in [5.41, 5.74) is -2.92. The van der Waals surface area contributed by atoms with Crippen LogP contribution in [-0.4, -0.2) is 27.8 Å². The Morgan fingerprint density at radius 2 is 1.57 bits per heavy atom. The van der Waals surface area contributed by atoms with E-state index in [2.05, 4.69) is 5.32 Å². The van der Waals surface area contributed by atoms with Gasteiger partial charge in [-0.2, -0.15) is 0 Å². The maximum absolute atomic E-state index is 12.4. The molecule has 0 radical (unpaired) electrons. The van der Waals surface area contributed by atoms with Crippen LogP contribution in [0.3, 0.4) is 0 Å². The molecule has 1 aromatic carbocycles. The van der Waals surface area contributed by atoms with Gasteiger partial charge in [0.05, 0.1) is 11.1 Å². The lowest BCUT2D eigenvalue weighted by Crippen LogP contribution is -2.62. The Morgan fingerprint density at radius 1 is 1.10 bits per heavy atom. The van der Waals surface area contributed by atoms with Gasteiger partial charge in [0.2, 0.25) is 0 Å². The van der Waals surface area contributed by atoms with E-state index in [1.54, 1.807) is 65.8 Å². The topological polar surface area (TPSA) is 58.6 Å². The lowest BCUT2D eigenvalue weighted by atomic mass is 9.85. The summed E-state index contributed by atoms with van der Waals surface area (Å²) in [6.07, 6.45) is 0. The number of halogens is 1.